The summed E-state index contributed by atoms with van der Waals surface area (Å²) in [6.45, 7) is 0. The minimum atomic E-state index is -4.38. The molecule has 0 bridgehead atoms. The van der Waals surface area contributed by atoms with E-state index < -0.39 is 11.7 Å². The van der Waals surface area contributed by atoms with Gasteiger partial charge in [-0.2, -0.15) is 18.3 Å². The molecule has 0 saturated carbocycles. The zero-order valence-electron chi connectivity index (χ0n) is 7.32. The van der Waals surface area contributed by atoms with E-state index >= 15 is 0 Å². The first kappa shape index (κ1) is 9.70. The van der Waals surface area contributed by atoms with E-state index in [0.717, 1.165) is 12.1 Å². The van der Waals surface area contributed by atoms with Gasteiger partial charge in [0.1, 0.15) is 5.69 Å². The van der Waals surface area contributed by atoms with E-state index in [1.165, 1.54) is 16.8 Å². The molecule has 0 aliphatic carbocycles. The van der Waals surface area contributed by atoms with E-state index in [2.05, 4.69) is 5.10 Å². The van der Waals surface area contributed by atoms with Gasteiger partial charge in [-0.15, -0.1) is 0 Å². The third-order valence-electron chi connectivity index (χ3n) is 1.93. The van der Waals surface area contributed by atoms with Crippen molar-refractivity contribution in [1.29, 1.82) is 0 Å². The fourth-order valence-electron chi connectivity index (χ4n) is 1.25. The Morgan fingerprint density at radius 1 is 1.33 bits per heavy atom. The second-order valence-electron chi connectivity index (χ2n) is 2.97. The summed E-state index contributed by atoms with van der Waals surface area (Å²) >= 11 is 0. The molecule has 2 rings (SSSR count). The highest BCUT2D eigenvalue weighted by Gasteiger charge is 2.30. The van der Waals surface area contributed by atoms with Crippen molar-refractivity contribution in [3.05, 3.63) is 35.7 Å². The Balaban J connectivity index is 2.60. The lowest BCUT2D eigenvalue weighted by Crippen LogP contribution is -2.05. The number of aldehydes is 1. The quantitative estimate of drug-likeness (QED) is 0.682. The zero-order valence-corrected chi connectivity index (χ0v) is 7.32. The van der Waals surface area contributed by atoms with Gasteiger partial charge in [0.05, 0.1) is 11.1 Å². The molecule has 0 aliphatic rings. The molecule has 0 aliphatic heterocycles. The van der Waals surface area contributed by atoms with Gasteiger partial charge in [0.15, 0.2) is 6.29 Å². The van der Waals surface area contributed by atoms with Crippen molar-refractivity contribution < 1.29 is 18.0 Å². The molecule has 0 saturated heterocycles. The Bertz CT molecular complexity index is 516. The Hall–Kier alpha value is -1.85. The summed E-state index contributed by atoms with van der Waals surface area (Å²) in [6, 6.07) is 3.15. The van der Waals surface area contributed by atoms with Crippen LogP contribution in [0.15, 0.2) is 24.4 Å². The second kappa shape index (κ2) is 3.08. The first-order valence-electron chi connectivity index (χ1n) is 4.02. The second-order valence-corrected chi connectivity index (χ2v) is 2.97. The maximum atomic E-state index is 12.3. The number of nitrogens with zero attached hydrogens (tertiary/aromatic N) is 2. The van der Waals surface area contributed by atoms with Crippen molar-refractivity contribution in [1.82, 2.24) is 9.61 Å². The van der Waals surface area contributed by atoms with Crippen LogP contribution < -0.4 is 0 Å². The van der Waals surface area contributed by atoms with E-state index in [-0.39, 0.29) is 11.2 Å². The number of hydrogen-bond acceptors (Lipinski definition) is 2. The predicted octanol–water partition coefficient (Wildman–Crippen LogP) is 2.17. The van der Waals surface area contributed by atoms with Crippen LogP contribution in [0.1, 0.15) is 16.1 Å². The van der Waals surface area contributed by atoms with Gasteiger partial charge in [-0.25, -0.2) is 4.52 Å². The van der Waals surface area contributed by atoms with E-state index in [1.54, 1.807) is 0 Å². The maximum absolute atomic E-state index is 12.3. The van der Waals surface area contributed by atoms with Crippen LogP contribution in [0, 0.1) is 0 Å². The molecule has 0 unspecified atom stereocenters. The van der Waals surface area contributed by atoms with Crippen molar-refractivity contribution >= 4 is 11.8 Å². The van der Waals surface area contributed by atoms with Gasteiger partial charge in [0, 0.05) is 6.20 Å². The van der Waals surface area contributed by atoms with Gasteiger partial charge >= 0.3 is 6.18 Å². The van der Waals surface area contributed by atoms with Crippen molar-refractivity contribution in [2.45, 2.75) is 6.18 Å². The number of carbonyl (C=O) groups is 1. The van der Waals surface area contributed by atoms with Crippen LogP contribution in [-0.4, -0.2) is 15.9 Å². The molecule has 3 nitrogen and oxygen atoms in total. The number of fused-ring (bicyclic) bond motifs is 1. The fourth-order valence-corrected chi connectivity index (χ4v) is 1.25. The monoisotopic (exact) mass is 214 g/mol. The number of rotatable bonds is 1. The molecule has 0 radical (unpaired) electrons. The highest BCUT2D eigenvalue weighted by atomic mass is 19.4. The topological polar surface area (TPSA) is 34.4 Å². The smallest absolute Gasteiger partial charge is 0.296 e. The lowest BCUT2D eigenvalue weighted by molar-refractivity contribution is -0.137. The minimum Gasteiger partial charge on any atom is -0.296 e. The summed E-state index contributed by atoms with van der Waals surface area (Å²) in [5.41, 5.74) is -0.409. The van der Waals surface area contributed by atoms with Crippen LogP contribution in [0.4, 0.5) is 13.2 Å². The minimum absolute atomic E-state index is 0.106. The SMILES string of the molecule is O=Cc1cc2cc(C(F)(F)F)ccn2n1. The first-order valence-corrected chi connectivity index (χ1v) is 4.02. The van der Waals surface area contributed by atoms with E-state index in [4.69, 9.17) is 0 Å². The van der Waals surface area contributed by atoms with E-state index in [1.807, 2.05) is 0 Å². The molecule has 15 heavy (non-hydrogen) atoms. The molecular weight excluding hydrogens is 209 g/mol. The van der Waals surface area contributed by atoms with Gasteiger partial charge in [-0.05, 0) is 18.2 Å². The largest absolute Gasteiger partial charge is 0.416 e. The summed E-state index contributed by atoms with van der Waals surface area (Å²) in [7, 11) is 0. The van der Waals surface area contributed by atoms with E-state index in [9.17, 15) is 18.0 Å². The van der Waals surface area contributed by atoms with Gasteiger partial charge in [0.2, 0.25) is 0 Å². The Morgan fingerprint density at radius 3 is 2.67 bits per heavy atom. The average molecular weight is 214 g/mol. The summed E-state index contributed by atoms with van der Waals surface area (Å²) < 4.78 is 38.1. The predicted molar refractivity (Wildman–Crippen MR) is 45.6 cm³/mol. The molecule has 2 aromatic rings. The van der Waals surface area contributed by atoms with Crippen LogP contribution >= 0.6 is 0 Å². The summed E-state index contributed by atoms with van der Waals surface area (Å²) in [5, 5.41) is 3.74. The van der Waals surface area contributed by atoms with Crippen LogP contribution in [0.2, 0.25) is 0 Å². The molecule has 0 N–H and O–H groups in total. The standard InChI is InChI=1S/C9H5F3N2O/c10-9(11,12)6-1-2-14-8(3-6)4-7(5-15)13-14/h1-5H. The molecule has 0 spiro atoms. The van der Waals surface area contributed by atoms with Crippen molar-refractivity contribution in [2.24, 2.45) is 0 Å². The van der Waals surface area contributed by atoms with Gasteiger partial charge < -0.3 is 0 Å². The van der Waals surface area contributed by atoms with Crippen LogP contribution in [0.5, 0.6) is 0 Å². The number of pyridine rings is 1. The Labute approximate surface area is 82.1 Å². The van der Waals surface area contributed by atoms with Crippen LogP contribution in [0.3, 0.4) is 0 Å². The lowest BCUT2D eigenvalue weighted by atomic mass is 10.2. The number of halogens is 3. The molecule has 2 aromatic heterocycles. The summed E-state index contributed by atoms with van der Waals surface area (Å²) in [4.78, 5) is 10.4. The van der Waals surface area contributed by atoms with Crippen LogP contribution in [-0.2, 0) is 6.18 Å². The fraction of sp³-hybridized carbons (Fsp3) is 0.111. The molecule has 0 amide bonds. The Morgan fingerprint density at radius 2 is 2.07 bits per heavy atom. The van der Waals surface area contributed by atoms with Crippen molar-refractivity contribution in [3.63, 3.8) is 0 Å². The molecule has 0 atom stereocenters. The molecule has 6 heteroatoms. The van der Waals surface area contributed by atoms with Gasteiger partial charge in [-0.3, -0.25) is 4.79 Å². The molecule has 2 heterocycles. The first-order chi connectivity index (χ1) is 7.00. The maximum Gasteiger partial charge on any atom is 0.416 e. The van der Waals surface area contributed by atoms with Crippen LogP contribution in [0.25, 0.3) is 5.52 Å². The molecular formula is C9H5F3N2O. The normalized spacial score (nSPS) is 11.9. The molecule has 78 valence electrons. The molecule has 0 fully saturated rings. The van der Waals surface area contributed by atoms with Crippen molar-refractivity contribution in [2.75, 3.05) is 0 Å². The third-order valence-corrected chi connectivity index (χ3v) is 1.93. The number of aromatic nitrogens is 2. The number of alkyl halides is 3. The zero-order chi connectivity index (χ0) is 11.1. The van der Waals surface area contributed by atoms with Crippen molar-refractivity contribution in [3.8, 4) is 0 Å². The number of carbonyl (C=O) groups excluding carboxylic acids is 1. The molecule has 0 aromatic carbocycles. The average Bonchev–Trinajstić information content (AvgIpc) is 2.57. The Kier molecular flexibility index (Phi) is 1.99. The van der Waals surface area contributed by atoms with E-state index in [0.29, 0.717) is 6.29 Å². The number of hydrogen-bond donors (Lipinski definition) is 0. The highest BCUT2D eigenvalue weighted by molar-refractivity contribution is 5.75. The van der Waals surface area contributed by atoms with Gasteiger partial charge in [-0.1, -0.05) is 0 Å². The highest BCUT2D eigenvalue weighted by Crippen LogP contribution is 2.29. The lowest BCUT2D eigenvalue weighted by Gasteiger charge is -2.05. The summed E-state index contributed by atoms with van der Waals surface area (Å²) in [5.74, 6) is 0. The van der Waals surface area contributed by atoms with Gasteiger partial charge in [0.25, 0.3) is 0 Å². The third kappa shape index (κ3) is 1.70. The summed E-state index contributed by atoms with van der Waals surface area (Å²) in [6.07, 6.45) is -2.72.